The second-order valence-corrected chi connectivity index (χ2v) is 8.84. The highest BCUT2D eigenvalue weighted by Crippen LogP contribution is 2.31. The van der Waals surface area contributed by atoms with Crippen LogP contribution in [0.4, 0.5) is 0 Å². The van der Waals surface area contributed by atoms with Gasteiger partial charge in [0.25, 0.3) is 0 Å². The van der Waals surface area contributed by atoms with Crippen LogP contribution in [-0.2, 0) is 6.42 Å². The maximum absolute atomic E-state index is 2.35. The van der Waals surface area contributed by atoms with Gasteiger partial charge in [-0.25, -0.2) is 0 Å². The van der Waals surface area contributed by atoms with Crippen LogP contribution in [0.1, 0.15) is 35.8 Å². The van der Waals surface area contributed by atoms with Crippen molar-refractivity contribution in [1.82, 2.24) is 0 Å². The number of rotatable bonds is 5. The van der Waals surface area contributed by atoms with Gasteiger partial charge in [0, 0.05) is 9.58 Å². The van der Waals surface area contributed by atoms with E-state index in [-0.39, 0.29) is 0 Å². The van der Waals surface area contributed by atoms with E-state index in [0.717, 1.165) is 0 Å². The van der Waals surface area contributed by atoms with Crippen molar-refractivity contribution < 1.29 is 0 Å². The van der Waals surface area contributed by atoms with Crippen LogP contribution in [-0.4, -0.2) is 0 Å². The highest BCUT2D eigenvalue weighted by molar-refractivity contribution is 7.20. The molecule has 0 nitrogen and oxygen atoms in total. The zero-order valence-corrected chi connectivity index (χ0v) is 17.5. The molecule has 0 atom stereocenters. The molecule has 0 saturated carbocycles. The van der Waals surface area contributed by atoms with Gasteiger partial charge in [0.15, 0.2) is 0 Å². The highest BCUT2D eigenvalue weighted by Gasteiger charge is 2.03. The molecular formula is C28H24S. The van der Waals surface area contributed by atoms with Crippen molar-refractivity contribution in [2.75, 3.05) is 0 Å². The van der Waals surface area contributed by atoms with Crippen molar-refractivity contribution in [3.8, 4) is 0 Å². The van der Waals surface area contributed by atoms with Crippen LogP contribution < -0.4 is 0 Å². The molecule has 5 rings (SSSR count). The third kappa shape index (κ3) is 3.71. The zero-order chi connectivity index (χ0) is 19.6. The largest absolute Gasteiger partial charge is 0.136 e. The molecule has 0 N–H and O–H groups in total. The predicted molar refractivity (Wildman–Crippen MR) is 131 cm³/mol. The van der Waals surface area contributed by atoms with Gasteiger partial charge in [0.05, 0.1) is 0 Å². The minimum Gasteiger partial charge on any atom is -0.136 e. The molecule has 1 aromatic heterocycles. The van der Waals surface area contributed by atoms with Gasteiger partial charge in [-0.3, -0.25) is 0 Å². The van der Waals surface area contributed by atoms with Crippen LogP contribution in [0.2, 0.25) is 0 Å². The molecule has 29 heavy (non-hydrogen) atoms. The van der Waals surface area contributed by atoms with Crippen molar-refractivity contribution in [1.29, 1.82) is 0 Å². The lowest BCUT2D eigenvalue weighted by Gasteiger charge is -2.06. The normalized spacial score (nSPS) is 11.9. The molecule has 4 aromatic carbocycles. The van der Waals surface area contributed by atoms with Gasteiger partial charge in [-0.05, 0) is 75.2 Å². The van der Waals surface area contributed by atoms with Gasteiger partial charge in [-0.15, -0.1) is 11.3 Å². The van der Waals surface area contributed by atoms with Crippen molar-refractivity contribution in [2.45, 2.75) is 26.2 Å². The number of benzene rings is 4. The summed E-state index contributed by atoms with van der Waals surface area (Å²) in [5, 5.41) is 6.61. The average Bonchev–Trinajstić information content (AvgIpc) is 3.15. The summed E-state index contributed by atoms with van der Waals surface area (Å²) in [6, 6.07) is 29.1. The van der Waals surface area contributed by atoms with Gasteiger partial charge in [0.2, 0.25) is 0 Å². The number of fused-ring (bicyclic) bond motifs is 3. The molecule has 0 unspecified atom stereocenters. The molecule has 0 bridgehead atoms. The number of hydrogen-bond donors (Lipinski definition) is 0. The smallest absolute Gasteiger partial charge is 0.0355 e. The summed E-state index contributed by atoms with van der Waals surface area (Å²) < 4.78 is 1.35. The molecular weight excluding hydrogens is 368 g/mol. The summed E-state index contributed by atoms with van der Waals surface area (Å²) in [4.78, 5) is 1.30. The van der Waals surface area contributed by atoms with E-state index < -0.39 is 0 Å². The summed E-state index contributed by atoms with van der Waals surface area (Å²) in [6.07, 6.45) is 8.19. The van der Waals surface area contributed by atoms with Gasteiger partial charge in [-0.1, -0.05) is 80.1 Å². The molecule has 5 aromatic rings. The maximum Gasteiger partial charge on any atom is 0.0355 e. The first kappa shape index (κ1) is 18.1. The van der Waals surface area contributed by atoms with E-state index in [2.05, 4.69) is 97.9 Å². The second-order valence-electron chi connectivity index (χ2n) is 7.73. The number of hydrogen-bond acceptors (Lipinski definition) is 1. The molecule has 0 fully saturated rings. The van der Waals surface area contributed by atoms with Crippen molar-refractivity contribution >= 4 is 55.1 Å². The van der Waals surface area contributed by atoms with E-state index in [1.165, 1.54) is 66.9 Å². The monoisotopic (exact) mass is 392 g/mol. The first-order valence-corrected chi connectivity index (χ1v) is 11.2. The maximum atomic E-state index is 2.35. The lowest BCUT2D eigenvalue weighted by atomic mass is 9.99. The first-order chi connectivity index (χ1) is 14.3. The van der Waals surface area contributed by atoms with E-state index in [0.29, 0.717) is 0 Å². The van der Waals surface area contributed by atoms with Crippen LogP contribution in [0.15, 0.2) is 78.9 Å². The van der Waals surface area contributed by atoms with Crippen LogP contribution in [0.3, 0.4) is 0 Å². The number of aryl methyl sites for hydroxylation is 1. The van der Waals surface area contributed by atoms with Gasteiger partial charge < -0.3 is 0 Å². The Labute approximate surface area is 176 Å². The Hall–Kier alpha value is -2.90. The summed E-state index contributed by atoms with van der Waals surface area (Å²) in [5.74, 6) is 0. The Morgan fingerprint density at radius 3 is 2.41 bits per heavy atom. The minimum absolute atomic E-state index is 1.17. The minimum atomic E-state index is 1.17. The van der Waals surface area contributed by atoms with Crippen LogP contribution in [0, 0.1) is 0 Å². The lowest BCUT2D eigenvalue weighted by molar-refractivity contribution is 0.796. The fourth-order valence-electron chi connectivity index (χ4n) is 4.04. The molecule has 0 amide bonds. The fourth-order valence-corrected chi connectivity index (χ4v) is 5.04. The van der Waals surface area contributed by atoms with Gasteiger partial charge in [-0.2, -0.15) is 0 Å². The third-order valence-electron chi connectivity index (χ3n) is 5.63. The highest BCUT2D eigenvalue weighted by atomic mass is 32.1. The van der Waals surface area contributed by atoms with Gasteiger partial charge >= 0.3 is 0 Å². The summed E-state index contributed by atoms with van der Waals surface area (Å²) in [6.45, 7) is 2.25. The standard InChI is InChI=1S/C28H24S/c1-2-3-7-20-12-15-27-21(10-6-11-24(27)16-20)13-14-26-18-25-17-22-8-4-5-9-23(22)19-28(25)29-26/h4-6,8-19H,2-3,7H2,1H3. The lowest BCUT2D eigenvalue weighted by Crippen LogP contribution is -1.86. The van der Waals surface area contributed by atoms with E-state index in [1.54, 1.807) is 0 Å². The molecule has 142 valence electrons. The van der Waals surface area contributed by atoms with E-state index in [1.807, 2.05) is 11.3 Å². The predicted octanol–water partition coefficient (Wildman–Crippen LogP) is 8.72. The summed E-state index contributed by atoms with van der Waals surface area (Å²) in [7, 11) is 0. The van der Waals surface area contributed by atoms with Crippen LogP contribution >= 0.6 is 11.3 Å². The third-order valence-corrected chi connectivity index (χ3v) is 6.69. The zero-order valence-electron chi connectivity index (χ0n) is 16.7. The van der Waals surface area contributed by atoms with Crippen molar-refractivity contribution in [2.24, 2.45) is 0 Å². The van der Waals surface area contributed by atoms with Crippen LogP contribution in [0.5, 0.6) is 0 Å². The topological polar surface area (TPSA) is 0 Å². The Bertz CT molecular complexity index is 1280. The van der Waals surface area contributed by atoms with E-state index in [4.69, 9.17) is 0 Å². The Balaban J connectivity index is 1.49. The molecule has 0 spiro atoms. The number of unbranched alkanes of at least 4 members (excludes halogenated alkanes) is 1. The Morgan fingerprint density at radius 1 is 0.724 bits per heavy atom. The quantitative estimate of drug-likeness (QED) is 0.280. The Morgan fingerprint density at radius 2 is 1.55 bits per heavy atom. The summed E-state index contributed by atoms with van der Waals surface area (Å²) in [5.41, 5.74) is 2.73. The molecule has 0 aliphatic carbocycles. The van der Waals surface area contributed by atoms with Crippen LogP contribution in [0.25, 0.3) is 43.8 Å². The molecule has 0 radical (unpaired) electrons. The second kappa shape index (κ2) is 7.85. The average molecular weight is 393 g/mol. The molecule has 0 saturated heterocycles. The van der Waals surface area contributed by atoms with E-state index >= 15 is 0 Å². The van der Waals surface area contributed by atoms with Crippen molar-refractivity contribution in [3.05, 3.63) is 94.9 Å². The first-order valence-electron chi connectivity index (χ1n) is 10.4. The molecule has 1 heterocycles. The van der Waals surface area contributed by atoms with Crippen molar-refractivity contribution in [3.63, 3.8) is 0 Å². The van der Waals surface area contributed by atoms with Gasteiger partial charge in [0.1, 0.15) is 0 Å². The van der Waals surface area contributed by atoms with E-state index in [9.17, 15) is 0 Å². The molecule has 1 heteroatoms. The number of thiophene rings is 1. The molecule has 0 aliphatic heterocycles. The Kier molecular flexibility index (Phi) is 4.91. The fraction of sp³-hybridized carbons (Fsp3) is 0.143. The summed E-state index contributed by atoms with van der Waals surface area (Å²) >= 11 is 1.86. The molecule has 0 aliphatic rings. The SMILES string of the molecule is CCCCc1ccc2c(C=Cc3cc4cc5ccccc5cc4s3)cccc2c1.